The van der Waals surface area contributed by atoms with E-state index in [4.69, 9.17) is 10.5 Å². The van der Waals surface area contributed by atoms with Crippen molar-refractivity contribution in [2.24, 2.45) is 0 Å². The van der Waals surface area contributed by atoms with Crippen molar-refractivity contribution in [2.45, 2.75) is 13.8 Å². The molecule has 0 spiro atoms. The van der Waals surface area contributed by atoms with Crippen LogP contribution in [-0.2, 0) is 0 Å². The summed E-state index contributed by atoms with van der Waals surface area (Å²) in [5, 5.41) is 10.4. The van der Waals surface area contributed by atoms with E-state index in [1.807, 2.05) is 19.9 Å². The minimum atomic E-state index is -0.254. The lowest BCUT2D eigenvalue weighted by atomic mass is 10.2. The van der Waals surface area contributed by atoms with Crippen LogP contribution in [0.1, 0.15) is 23.0 Å². The number of amides is 1. The number of nitrogens with one attached hydrogen (secondary N) is 1. The molecule has 0 aliphatic heterocycles. The van der Waals surface area contributed by atoms with Crippen molar-refractivity contribution in [3.63, 3.8) is 0 Å². The number of nitrogens with two attached hydrogens (primary N) is 1. The SMILES string of the molecule is CCNC(=O)c1ccc(Oc2ccc(N)cc2C)nn1. The van der Waals surface area contributed by atoms with E-state index >= 15 is 0 Å². The number of carbonyl (C=O) groups excluding carboxylic acids is 1. The zero-order valence-corrected chi connectivity index (χ0v) is 11.4. The van der Waals surface area contributed by atoms with Gasteiger partial charge in [0.1, 0.15) is 5.75 Å². The van der Waals surface area contributed by atoms with Crippen LogP contribution in [0.25, 0.3) is 0 Å². The number of anilines is 1. The molecule has 6 heteroatoms. The summed E-state index contributed by atoms with van der Waals surface area (Å²) in [5.74, 6) is 0.723. The van der Waals surface area contributed by atoms with Crippen LogP contribution in [0, 0.1) is 6.92 Å². The maximum Gasteiger partial charge on any atom is 0.271 e. The highest BCUT2D eigenvalue weighted by Gasteiger charge is 2.08. The van der Waals surface area contributed by atoms with Gasteiger partial charge in [0, 0.05) is 18.3 Å². The van der Waals surface area contributed by atoms with E-state index in [0.717, 1.165) is 5.56 Å². The van der Waals surface area contributed by atoms with Crippen molar-refractivity contribution < 1.29 is 9.53 Å². The molecule has 20 heavy (non-hydrogen) atoms. The zero-order valence-electron chi connectivity index (χ0n) is 11.4. The number of rotatable bonds is 4. The standard InChI is InChI=1S/C14H16N4O2/c1-3-16-14(19)11-5-7-13(18-17-11)20-12-6-4-10(15)8-9(12)2/h4-8H,3,15H2,1-2H3,(H,16,19). The highest BCUT2D eigenvalue weighted by atomic mass is 16.5. The van der Waals surface area contributed by atoms with E-state index < -0.39 is 0 Å². The number of nitrogens with zero attached hydrogens (tertiary/aromatic N) is 2. The van der Waals surface area contributed by atoms with Crippen LogP contribution in [0.5, 0.6) is 11.6 Å². The van der Waals surface area contributed by atoms with E-state index in [1.165, 1.54) is 0 Å². The first-order valence-electron chi connectivity index (χ1n) is 6.26. The number of ether oxygens (including phenoxy) is 1. The van der Waals surface area contributed by atoms with Gasteiger partial charge in [0.05, 0.1) is 0 Å². The Balaban J connectivity index is 2.12. The third kappa shape index (κ3) is 3.23. The maximum atomic E-state index is 11.5. The summed E-state index contributed by atoms with van der Waals surface area (Å²) in [6.07, 6.45) is 0. The van der Waals surface area contributed by atoms with Gasteiger partial charge < -0.3 is 15.8 Å². The van der Waals surface area contributed by atoms with Crippen LogP contribution in [0.4, 0.5) is 5.69 Å². The van der Waals surface area contributed by atoms with Crippen LogP contribution in [0.3, 0.4) is 0 Å². The van der Waals surface area contributed by atoms with Gasteiger partial charge in [0.15, 0.2) is 5.69 Å². The van der Waals surface area contributed by atoms with Gasteiger partial charge in [-0.3, -0.25) is 4.79 Å². The second-order valence-corrected chi connectivity index (χ2v) is 4.24. The lowest BCUT2D eigenvalue weighted by Gasteiger charge is -2.08. The van der Waals surface area contributed by atoms with E-state index in [-0.39, 0.29) is 11.6 Å². The molecule has 2 rings (SSSR count). The molecule has 1 aromatic carbocycles. The summed E-state index contributed by atoms with van der Waals surface area (Å²) < 4.78 is 5.60. The zero-order chi connectivity index (χ0) is 14.5. The minimum absolute atomic E-state index is 0.254. The summed E-state index contributed by atoms with van der Waals surface area (Å²) in [6.45, 7) is 4.28. The van der Waals surface area contributed by atoms with Crippen LogP contribution in [-0.4, -0.2) is 22.6 Å². The van der Waals surface area contributed by atoms with Gasteiger partial charge in [-0.05, 0) is 43.7 Å². The largest absolute Gasteiger partial charge is 0.437 e. The molecule has 2 aromatic rings. The lowest BCUT2D eigenvalue weighted by Crippen LogP contribution is -2.23. The molecule has 0 aliphatic rings. The van der Waals surface area contributed by atoms with Crippen molar-refractivity contribution in [1.29, 1.82) is 0 Å². The molecule has 1 heterocycles. The summed E-state index contributed by atoms with van der Waals surface area (Å²) in [5.41, 5.74) is 7.51. The number of hydrogen-bond donors (Lipinski definition) is 2. The third-order valence-electron chi connectivity index (χ3n) is 2.62. The van der Waals surface area contributed by atoms with Gasteiger partial charge in [0.2, 0.25) is 5.88 Å². The average molecular weight is 272 g/mol. The maximum absolute atomic E-state index is 11.5. The molecule has 6 nitrogen and oxygen atoms in total. The topological polar surface area (TPSA) is 90.1 Å². The fourth-order valence-electron chi connectivity index (χ4n) is 1.65. The highest BCUT2D eigenvalue weighted by Crippen LogP contribution is 2.24. The molecule has 0 atom stereocenters. The molecule has 0 saturated carbocycles. The molecule has 0 aliphatic carbocycles. The minimum Gasteiger partial charge on any atom is -0.437 e. The van der Waals surface area contributed by atoms with Crippen LogP contribution >= 0.6 is 0 Å². The molecule has 0 bridgehead atoms. The van der Waals surface area contributed by atoms with Gasteiger partial charge in [0.25, 0.3) is 5.91 Å². The number of hydrogen-bond acceptors (Lipinski definition) is 5. The molecule has 1 amide bonds. The Hall–Kier alpha value is -2.63. The van der Waals surface area contributed by atoms with Gasteiger partial charge >= 0.3 is 0 Å². The second kappa shape index (κ2) is 6.01. The number of carbonyl (C=O) groups is 1. The van der Waals surface area contributed by atoms with Gasteiger partial charge in [-0.15, -0.1) is 10.2 Å². The van der Waals surface area contributed by atoms with E-state index in [9.17, 15) is 4.79 Å². The predicted molar refractivity (Wildman–Crippen MR) is 75.7 cm³/mol. The molecule has 3 N–H and O–H groups in total. The fourth-order valence-corrected chi connectivity index (χ4v) is 1.65. The molecule has 1 aromatic heterocycles. The van der Waals surface area contributed by atoms with Crippen LogP contribution in [0.15, 0.2) is 30.3 Å². The van der Waals surface area contributed by atoms with Crippen molar-refractivity contribution in [1.82, 2.24) is 15.5 Å². The molecule has 0 fully saturated rings. The first-order valence-corrected chi connectivity index (χ1v) is 6.26. The Bertz CT molecular complexity index is 611. The number of aryl methyl sites for hydroxylation is 1. The lowest BCUT2D eigenvalue weighted by molar-refractivity contribution is 0.0949. The van der Waals surface area contributed by atoms with Gasteiger partial charge in [-0.25, -0.2) is 0 Å². The van der Waals surface area contributed by atoms with Gasteiger partial charge in [-0.2, -0.15) is 0 Å². The van der Waals surface area contributed by atoms with Crippen molar-refractivity contribution in [3.05, 3.63) is 41.6 Å². The first kappa shape index (κ1) is 13.8. The van der Waals surface area contributed by atoms with Crippen LogP contribution in [0.2, 0.25) is 0 Å². The smallest absolute Gasteiger partial charge is 0.271 e. The quantitative estimate of drug-likeness (QED) is 0.830. The van der Waals surface area contributed by atoms with E-state index in [2.05, 4.69) is 15.5 Å². The van der Waals surface area contributed by atoms with Gasteiger partial charge in [-0.1, -0.05) is 0 Å². The Morgan fingerprint density at radius 2 is 2.10 bits per heavy atom. The molecular formula is C14H16N4O2. The molecular weight excluding hydrogens is 256 g/mol. The number of benzene rings is 1. The van der Waals surface area contributed by atoms with Crippen molar-refractivity contribution in [2.75, 3.05) is 12.3 Å². The summed E-state index contributed by atoms with van der Waals surface area (Å²) in [4.78, 5) is 11.5. The highest BCUT2D eigenvalue weighted by molar-refractivity contribution is 5.91. The monoisotopic (exact) mass is 272 g/mol. The molecule has 0 unspecified atom stereocenters. The van der Waals surface area contributed by atoms with Crippen molar-refractivity contribution >= 4 is 11.6 Å². The number of nitrogen functional groups attached to an aromatic ring is 1. The summed E-state index contributed by atoms with van der Waals surface area (Å²) >= 11 is 0. The van der Waals surface area contributed by atoms with E-state index in [1.54, 1.807) is 24.3 Å². The Morgan fingerprint density at radius 1 is 1.30 bits per heavy atom. The predicted octanol–water partition coefficient (Wildman–Crippen LogP) is 1.91. The Labute approximate surface area is 117 Å². The summed E-state index contributed by atoms with van der Waals surface area (Å²) in [7, 11) is 0. The fraction of sp³-hybridized carbons (Fsp3) is 0.214. The Kier molecular flexibility index (Phi) is 4.14. The van der Waals surface area contributed by atoms with E-state index in [0.29, 0.717) is 23.9 Å². The number of aromatic nitrogens is 2. The normalized spacial score (nSPS) is 10.1. The first-order chi connectivity index (χ1) is 9.60. The third-order valence-corrected chi connectivity index (χ3v) is 2.62. The second-order valence-electron chi connectivity index (χ2n) is 4.24. The molecule has 104 valence electrons. The Morgan fingerprint density at radius 3 is 2.70 bits per heavy atom. The molecule has 0 saturated heterocycles. The summed E-state index contributed by atoms with van der Waals surface area (Å²) in [6, 6.07) is 8.50. The van der Waals surface area contributed by atoms with Crippen molar-refractivity contribution in [3.8, 4) is 11.6 Å². The molecule has 0 radical (unpaired) electrons. The van der Waals surface area contributed by atoms with Crippen LogP contribution < -0.4 is 15.8 Å². The average Bonchev–Trinajstić information content (AvgIpc) is 2.43.